The molecule has 5 rings (SSSR count). The zero-order valence-corrected chi connectivity index (χ0v) is 23.0. The number of anilines is 2. The first-order valence-corrected chi connectivity index (χ1v) is 13.8. The van der Waals surface area contributed by atoms with Gasteiger partial charge in [0.15, 0.2) is 11.5 Å². The maximum Gasteiger partial charge on any atom is 0.294 e. The summed E-state index contributed by atoms with van der Waals surface area (Å²) in [6.45, 7) is 5.90. The third kappa shape index (κ3) is 6.07. The predicted molar refractivity (Wildman–Crippen MR) is 155 cm³/mol. The van der Waals surface area contributed by atoms with E-state index in [2.05, 4.69) is 24.1 Å². The average Bonchev–Trinajstić information content (AvgIpc) is 3.53. The highest BCUT2D eigenvalue weighted by Gasteiger charge is 2.36. The smallest absolute Gasteiger partial charge is 0.294 e. The first-order valence-electron chi connectivity index (χ1n) is 13.0. The minimum Gasteiger partial charge on any atom is -0.488 e. The number of hydrogen-bond donors (Lipinski definition) is 1. The van der Waals surface area contributed by atoms with Crippen molar-refractivity contribution in [3.63, 3.8) is 0 Å². The Kier molecular flexibility index (Phi) is 8.26. The molecule has 3 aromatic carbocycles. The maximum atomic E-state index is 13.2. The van der Waals surface area contributed by atoms with E-state index in [0.29, 0.717) is 35.1 Å². The van der Waals surface area contributed by atoms with E-state index in [9.17, 15) is 14.4 Å². The Morgan fingerprint density at radius 1 is 1.02 bits per heavy atom. The van der Waals surface area contributed by atoms with E-state index in [1.165, 1.54) is 0 Å². The molecule has 0 unspecified atom stereocenters. The third-order valence-electron chi connectivity index (χ3n) is 6.48. The summed E-state index contributed by atoms with van der Waals surface area (Å²) < 4.78 is 16.8. The van der Waals surface area contributed by atoms with Crippen LogP contribution >= 0.6 is 11.8 Å². The van der Waals surface area contributed by atoms with E-state index in [-0.39, 0.29) is 11.7 Å². The third-order valence-corrected chi connectivity index (χ3v) is 7.39. The van der Waals surface area contributed by atoms with Crippen LogP contribution in [0.4, 0.5) is 16.2 Å². The highest BCUT2D eigenvalue weighted by atomic mass is 32.2. The summed E-state index contributed by atoms with van der Waals surface area (Å²) in [5, 5.41) is 2.19. The first-order chi connectivity index (χ1) is 19.4. The number of benzene rings is 3. The number of hydrogen-bond acceptors (Lipinski definition) is 8. The summed E-state index contributed by atoms with van der Waals surface area (Å²) in [6.07, 6.45) is 1.65. The van der Waals surface area contributed by atoms with Crippen LogP contribution in [0.5, 0.6) is 17.2 Å². The quantitative estimate of drug-likeness (QED) is 0.325. The first kappa shape index (κ1) is 27.1. The fourth-order valence-electron chi connectivity index (χ4n) is 4.38. The lowest BCUT2D eigenvalue weighted by Gasteiger charge is -2.22. The van der Waals surface area contributed by atoms with Crippen molar-refractivity contribution in [1.82, 2.24) is 4.90 Å². The molecule has 1 fully saturated rings. The summed E-state index contributed by atoms with van der Waals surface area (Å²) in [5.74, 6) is 0.673. The van der Waals surface area contributed by atoms with Gasteiger partial charge < -0.3 is 24.4 Å². The van der Waals surface area contributed by atoms with Gasteiger partial charge in [0.05, 0.1) is 4.91 Å². The normalized spacial score (nSPS) is 15.1. The van der Waals surface area contributed by atoms with Crippen molar-refractivity contribution < 1.29 is 28.6 Å². The van der Waals surface area contributed by atoms with Crippen LogP contribution in [0.2, 0.25) is 0 Å². The Bertz CT molecular complexity index is 1460. The van der Waals surface area contributed by atoms with Crippen LogP contribution in [-0.2, 0) is 16.2 Å². The topological polar surface area (TPSA) is 97.4 Å². The Labute approximate surface area is 236 Å². The second-order valence-electron chi connectivity index (χ2n) is 9.05. The summed E-state index contributed by atoms with van der Waals surface area (Å²) in [4.78, 5) is 41.9. The molecule has 0 aromatic heterocycles. The van der Waals surface area contributed by atoms with Gasteiger partial charge in [-0.1, -0.05) is 30.3 Å². The molecule has 206 valence electrons. The number of rotatable bonds is 10. The molecule has 0 atom stereocenters. The van der Waals surface area contributed by atoms with Crippen molar-refractivity contribution in [3.05, 3.63) is 82.8 Å². The van der Waals surface area contributed by atoms with E-state index in [1.54, 1.807) is 24.3 Å². The van der Waals surface area contributed by atoms with Crippen LogP contribution in [0.25, 0.3) is 6.08 Å². The van der Waals surface area contributed by atoms with Gasteiger partial charge in [-0.15, -0.1) is 0 Å². The molecule has 3 aromatic rings. The lowest BCUT2D eigenvalue weighted by Crippen LogP contribution is -2.36. The molecule has 2 aliphatic heterocycles. The molecule has 2 heterocycles. The van der Waals surface area contributed by atoms with Gasteiger partial charge in [0.25, 0.3) is 11.1 Å². The molecule has 0 aliphatic carbocycles. The Hall–Kier alpha value is -4.44. The molecule has 0 saturated carbocycles. The number of imide groups is 1. The van der Waals surface area contributed by atoms with E-state index in [0.717, 1.165) is 41.0 Å². The van der Waals surface area contributed by atoms with Crippen molar-refractivity contribution in [2.24, 2.45) is 0 Å². The van der Waals surface area contributed by atoms with Crippen molar-refractivity contribution in [2.45, 2.75) is 20.5 Å². The number of nitrogens with zero attached hydrogens (tertiary/aromatic N) is 2. The van der Waals surface area contributed by atoms with Gasteiger partial charge >= 0.3 is 0 Å². The van der Waals surface area contributed by atoms with Crippen LogP contribution in [0.3, 0.4) is 0 Å². The predicted octanol–water partition coefficient (Wildman–Crippen LogP) is 5.52. The van der Waals surface area contributed by atoms with Crippen molar-refractivity contribution in [1.29, 1.82) is 0 Å². The zero-order valence-electron chi connectivity index (χ0n) is 22.2. The largest absolute Gasteiger partial charge is 0.488 e. The summed E-state index contributed by atoms with van der Waals surface area (Å²) in [6, 6.07) is 20.6. The number of ether oxygens (including phenoxy) is 3. The van der Waals surface area contributed by atoms with E-state index in [4.69, 9.17) is 14.2 Å². The molecule has 1 N–H and O–H groups in total. The number of carbonyl (C=O) groups is 3. The highest BCUT2D eigenvalue weighted by Crippen LogP contribution is 2.36. The summed E-state index contributed by atoms with van der Waals surface area (Å²) >= 11 is 0.800. The second kappa shape index (κ2) is 12.2. The minimum absolute atomic E-state index is 0.118. The summed E-state index contributed by atoms with van der Waals surface area (Å²) in [7, 11) is 0. The molecular weight excluding hydrogens is 530 g/mol. The lowest BCUT2D eigenvalue weighted by atomic mass is 10.1. The molecule has 0 radical (unpaired) electrons. The molecule has 2 aliphatic rings. The molecule has 40 heavy (non-hydrogen) atoms. The number of amides is 3. The number of fused-ring (bicyclic) bond motifs is 1. The van der Waals surface area contributed by atoms with Crippen LogP contribution in [0.15, 0.2) is 71.6 Å². The van der Waals surface area contributed by atoms with Gasteiger partial charge in [-0.25, -0.2) is 0 Å². The number of nitrogens with one attached hydrogen (secondary N) is 1. The Morgan fingerprint density at radius 3 is 2.58 bits per heavy atom. The van der Waals surface area contributed by atoms with Crippen LogP contribution < -0.4 is 24.4 Å². The summed E-state index contributed by atoms with van der Waals surface area (Å²) in [5.41, 5.74) is 3.15. The second-order valence-corrected chi connectivity index (χ2v) is 10.0. The van der Waals surface area contributed by atoms with Crippen molar-refractivity contribution >= 4 is 46.3 Å². The van der Waals surface area contributed by atoms with Gasteiger partial charge in [-0.2, -0.15) is 0 Å². The monoisotopic (exact) mass is 559 g/mol. The van der Waals surface area contributed by atoms with Gasteiger partial charge in [-0.3, -0.25) is 19.3 Å². The van der Waals surface area contributed by atoms with E-state index < -0.39 is 23.6 Å². The average molecular weight is 560 g/mol. The molecule has 10 heteroatoms. The molecular formula is C30H29N3O6S. The Balaban J connectivity index is 1.32. The molecule has 0 spiro atoms. The van der Waals surface area contributed by atoms with E-state index in [1.807, 2.05) is 48.5 Å². The molecule has 9 nitrogen and oxygen atoms in total. The highest BCUT2D eigenvalue weighted by molar-refractivity contribution is 8.18. The maximum absolute atomic E-state index is 13.2. The van der Waals surface area contributed by atoms with E-state index >= 15 is 0 Å². The molecule has 0 bridgehead atoms. The van der Waals surface area contributed by atoms with Gasteiger partial charge in [0.1, 0.15) is 18.9 Å². The van der Waals surface area contributed by atoms with Crippen LogP contribution in [0.1, 0.15) is 25.0 Å². The standard InChI is InChI=1S/C30H29N3O6S/c1-3-32(4-2)23-12-10-21(25(16-23)37-18-20-8-6-5-7-9-20)14-27-29(35)33(30(36)40-27)17-28(34)31-22-11-13-24-26(15-22)39-19-38-24/h5-16H,3-4,17-19H2,1-2H3,(H,31,34)/b27-14+. The minimum atomic E-state index is -0.530. The zero-order chi connectivity index (χ0) is 28.1. The fraction of sp³-hybridized carbons (Fsp3) is 0.233. The molecule has 3 amide bonds. The number of carbonyl (C=O) groups excluding carboxylic acids is 3. The lowest BCUT2D eigenvalue weighted by molar-refractivity contribution is -0.127. The van der Waals surface area contributed by atoms with Gasteiger partial charge in [0, 0.05) is 42.2 Å². The van der Waals surface area contributed by atoms with Crippen LogP contribution in [-0.4, -0.2) is 48.4 Å². The van der Waals surface area contributed by atoms with Gasteiger partial charge in [0.2, 0.25) is 12.7 Å². The fourth-order valence-corrected chi connectivity index (χ4v) is 5.21. The van der Waals surface area contributed by atoms with Gasteiger partial charge in [-0.05, 0) is 61.5 Å². The SMILES string of the molecule is CCN(CC)c1ccc(/C=C2/SC(=O)N(CC(=O)Nc3ccc4c(c3)OCO4)C2=O)c(OCc2ccccc2)c1. The number of thioether (sulfide) groups is 1. The Morgan fingerprint density at radius 2 is 1.80 bits per heavy atom. The van der Waals surface area contributed by atoms with Crippen LogP contribution in [0, 0.1) is 0 Å². The molecule has 1 saturated heterocycles. The van der Waals surface area contributed by atoms with Crippen molar-refractivity contribution in [2.75, 3.05) is 36.6 Å². The van der Waals surface area contributed by atoms with Crippen molar-refractivity contribution in [3.8, 4) is 17.2 Å².